The Morgan fingerprint density at radius 1 is 1.00 bits per heavy atom. The Kier molecular flexibility index (Phi) is 5.11. The summed E-state index contributed by atoms with van der Waals surface area (Å²) in [5.41, 5.74) is 1.12. The number of hydrogen-bond acceptors (Lipinski definition) is 5. The summed E-state index contributed by atoms with van der Waals surface area (Å²) >= 11 is 8.68. The number of carbonyl (C=O) groups is 2. The molecule has 0 saturated heterocycles. The number of hydrogen-bond donors (Lipinski definition) is 0. The molecule has 0 unspecified atom stereocenters. The fraction of sp³-hybridized carbons (Fsp3) is 0.0500. The summed E-state index contributed by atoms with van der Waals surface area (Å²) in [6.07, 6.45) is 1.65. The van der Waals surface area contributed by atoms with Crippen LogP contribution in [0.3, 0.4) is 0 Å². The van der Waals surface area contributed by atoms with Crippen LogP contribution in [0.5, 0.6) is 0 Å². The maximum absolute atomic E-state index is 13.1. The first kappa shape index (κ1) is 18.0. The van der Waals surface area contributed by atoms with E-state index in [1.54, 1.807) is 30.5 Å². The van der Waals surface area contributed by atoms with E-state index in [1.165, 1.54) is 28.0 Å². The molecule has 2 amide bonds. The molecule has 134 valence electrons. The molecule has 1 aliphatic heterocycles. The maximum atomic E-state index is 13.1. The second-order valence-corrected chi connectivity index (χ2v) is 8.22. The molecular formula is C20H13ClN2O2S2. The summed E-state index contributed by atoms with van der Waals surface area (Å²) in [5, 5.41) is 2.52. The van der Waals surface area contributed by atoms with Crippen LogP contribution in [0.25, 0.3) is 5.57 Å². The van der Waals surface area contributed by atoms with Crippen molar-refractivity contribution in [2.75, 3.05) is 0 Å². The van der Waals surface area contributed by atoms with Crippen molar-refractivity contribution < 1.29 is 9.59 Å². The van der Waals surface area contributed by atoms with Crippen molar-refractivity contribution in [1.82, 2.24) is 9.88 Å². The standard InChI is InChI=1S/C20H13ClN2O2S2/c21-13-6-8-15(9-7-13)27-18-17(16-5-3-11-26-16)19(24)23(20(18)25)12-14-4-1-2-10-22-14/h1-11H,12H2. The summed E-state index contributed by atoms with van der Waals surface area (Å²) in [6.45, 7) is 0.151. The number of imide groups is 1. The number of carbonyl (C=O) groups excluding carboxylic acids is 2. The van der Waals surface area contributed by atoms with Crippen LogP contribution in [0.1, 0.15) is 10.6 Å². The van der Waals surface area contributed by atoms with Gasteiger partial charge in [-0.25, -0.2) is 0 Å². The minimum absolute atomic E-state index is 0.151. The average molecular weight is 413 g/mol. The van der Waals surface area contributed by atoms with E-state index < -0.39 is 0 Å². The van der Waals surface area contributed by atoms with Crippen LogP contribution >= 0.6 is 34.7 Å². The molecule has 0 fully saturated rings. The van der Waals surface area contributed by atoms with Crippen LogP contribution < -0.4 is 0 Å². The second-order valence-electron chi connectivity index (χ2n) is 5.75. The Morgan fingerprint density at radius 2 is 1.81 bits per heavy atom. The summed E-state index contributed by atoms with van der Waals surface area (Å²) in [6, 6.07) is 16.4. The van der Waals surface area contributed by atoms with Crippen molar-refractivity contribution in [2.24, 2.45) is 0 Å². The lowest BCUT2D eigenvalue weighted by Gasteiger charge is -2.14. The monoisotopic (exact) mass is 412 g/mol. The first-order valence-electron chi connectivity index (χ1n) is 8.11. The molecule has 7 heteroatoms. The Morgan fingerprint density at radius 3 is 2.48 bits per heavy atom. The number of halogens is 1. The first-order chi connectivity index (χ1) is 13.1. The fourth-order valence-electron chi connectivity index (χ4n) is 2.70. The van der Waals surface area contributed by atoms with Crippen molar-refractivity contribution in [3.05, 3.63) is 86.7 Å². The van der Waals surface area contributed by atoms with Gasteiger partial charge in [0, 0.05) is 21.0 Å². The van der Waals surface area contributed by atoms with E-state index in [4.69, 9.17) is 11.6 Å². The Bertz CT molecular complexity index is 1020. The molecule has 4 rings (SSSR count). The molecule has 3 aromatic rings. The number of aromatic nitrogens is 1. The molecule has 3 heterocycles. The summed E-state index contributed by atoms with van der Waals surface area (Å²) in [5.74, 6) is -0.585. The van der Waals surface area contributed by atoms with Gasteiger partial charge >= 0.3 is 0 Å². The number of benzene rings is 1. The van der Waals surface area contributed by atoms with Crippen LogP contribution in [-0.4, -0.2) is 21.7 Å². The van der Waals surface area contributed by atoms with Crippen molar-refractivity contribution in [3.63, 3.8) is 0 Å². The van der Waals surface area contributed by atoms with Gasteiger partial charge in [0.2, 0.25) is 0 Å². The van der Waals surface area contributed by atoms with Crippen LogP contribution in [0.4, 0.5) is 0 Å². The van der Waals surface area contributed by atoms with Gasteiger partial charge in [-0.05, 0) is 47.8 Å². The number of thiophene rings is 1. The minimum Gasteiger partial charge on any atom is -0.268 e. The largest absolute Gasteiger partial charge is 0.268 e. The molecule has 0 saturated carbocycles. The second kappa shape index (κ2) is 7.68. The van der Waals surface area contributed by atoms with Crippen LogP contribution in [0.2, 0.25) is 5.02 Å². The molecular weight excluding hydrogens is 400 g/mol. The lowest BCUT2D eigenvalue weighted by atomic mass is 10.2. The summed E-state index contributed by atoms with van der Waals surface area (Å²) in [4.78, 5) is 33.7. The molecule has 1 aliphatic rings. The molecule has 0 radical (unpaired) electrons. The number of rotatable bonds is 5. The van der Waals surface area contributed by atoms with E-state index in [2.05, 4.69) is 4.98 Å². The van der Waals surface area contributed by atoms with Gasteiger partial charge in [0.25, 0.3) is 11.8 Å². The summed E-state index contributed by atoms with van der Waals surface area (Å²) < 4.78 is 0. The Balaban J connectivity index is 1.70. The third-order valence-corrected chi connectivity index (χ3v) is 6.20. The van der Waals surface area contributed by atoms with E-state index in [0.717, 1.165) is 9.77 Å². The highest BCUT2D eigenvalue weighted by molar-refractivity contribution is 8.04. The highest BCUT2D eigenvalue weighted by Gasteiger charge is 2.40. The van der Waals surface area contributed by atoms with Crippen molar-refractivity contribution in [1.29, 1.82) is 0 Å². The van der Waals surface area contributed by atoms with Crippen LogP contribution in [0, 0.1) is 0 Å². The van der Waals surface area contributed by atoms with Gasteiger partial charge in [0.15, 0.2) is 0 Å². The van der Waals surface area contributed by atoms with Crippen LogP contribution in [0.15, 0.2) is 76.0 Å². The number of nitrogens with zero attached hydrogens (tertiary/aromatic N) is 2. The zero-order valence-corrected chi connectivity index (χ0v) is 16.4. The zero-order chi connectivity index (χ0) is 18.8. The highest BCUT2D eigenvalue weighted by Crippen LogP contribution is 2.41. The number of amides is 2. The van der Waals surface area contributed by atoms with E-state index in [0.29, 0.717) is 21.2 Å². The molecule has 0 atom stereocenters. The quantitative estimate of drug-likeness (QED) is 0.561. The van der Waals surface area contributed by atoms with Gasteiger partial charge in [-0.1, -0.05) is 35.5 Å². The normalized spacial score (nSPS) is 14.3. The maximum Gasteiger partial charge on any atom is 0.268 e. The molecule has 1 aromatic carbocycles. The summed E-state index contributed by atoms with van der Waals surface area (Å²) in [7, 11) is 0. The molecule has 4 nitrogen and oxygen atoms in total. The van der Waals surface area contributed by atoms with Gasteiger partial charge in [-0.3, -0.25) is 19.5 Å². The van der Waals surface area contributed by atoms with Crippen molar-refractivity contribution in [3.8, 4) is 0 Å². The fourth-order valence-corrected chi connectivity index (χ4v) is 4.67. The highest BCUT2D eigenvalue weighted by atomic mass is 35.5. The molecule has 0 spiro atoms. The first-order valence-corrected chi connectivity index (χ1v) is 10.2. The smallest absolute Gasteiger partial charge is 0.268 e. The number of thioether (sulfide) groups is 1. The zero-order valence-electron chi connectivity index (χ0n) is 14.0. The average Bonchev–Trinajstić information content (AvgIpc) is 3.28. The lowest BCUT2D eigenvalue weighted by molar-refractivity contribution is -0.137. The van der Waals surface area contributed by atoms with E-state index in [-0.39, 0.29) is 18.4 Å². The third kappa shape index (κ3) is 3.69. The number of pyridine rings is 1. The predicted octanol–water partition coefficient (Wildman–Crippen LogP) is 4.87. The van der Waals surface area contributed by atoms with Crippen LogP contribution in [-0.2, 0) is 16.1 Å². The SMILES string of the molecule is O=C1C(Sc2ccc(Cl)cc2)=C(c2cccs2)C(=O)N1Cc1ccccn1. The van der Waals surface area contributed by atoms with Gasteiger partial charge in [-0.15, -0.1) is 11.3 Å². The molecule has 0 N–H and O–H groups in total. The van der Waals surface area contributed by atoms with Crippen molar-refractivity contribution >= 4 is 52.1 Å². The van der Waals surface area contributed by atoms with E-state index in [1.807, 2.05) is 35.7 Å². The topological polar surface area (TPSA) is 50.3 Å². The lowest BCUT2D eigenvalue weighted by Crippen LogP contribution is -2.31. The minimum atomic E-state index is -0.297. The van der Waals surface area contributed by atoms with E-state index >= 15 is 0 Å². The molecule has 27 heavy (non-hydrogen) atoms. The van der Waals surface area contributed by atoms with Gasteiger partial charge < -0.3 is 0 Å². The Labute approximate surface area is 169 Å². The van der Waals surface area contributed by atoms with Gasteiger partial charge in [0.1, 0.15) is 0 Å². The Hall–Kier alpha value is -2.41. The third-order valence-electron chi connectivity index (χ3n) is 3.97. The molecule has 0 bridgehead atoms. The molecule has 0 aliphatic carbocycles. The molecule has 2 aromatic heterocycles. The van der Waals surface area contributed by atoms with Gasteiger partial charge in [-0.2, -0.15) is 0 Å². The predicted molar refractivity (Wildman–Crippen MR) is 108 cm³/mol. The van der Waals surface area contributed by atoms with E-state index in [9.17, 15) is 9.59 Å². The van der Waals surface area contributed by atoms with Gasteiger partial charge in [0.05, 0.1) is 22.7 Å². The van der Waals surface area contributed by atoms with Crippen molar-refractivity contribution in [2.45, 2.75) is 11.4 Å².